The Morgan fingerprint density at radius 2 is 2.25 bits per heavy atom. The molecule has 0 spiro atoms. The van der Waals surface area contributed by atoms with Crippen molar-refractivity contribution in [3.05, 3.63) is 23.5 Å². The van der Waals surface area contributed by atoms with Gasteiger partial charge in [-0.15, -0.1) is 0 Å². The highest BCUT2D eigenvalue weighted by Gasteiger charge is 2.25. The van der Waals surface area contributed by atoms with E-state index in [2.05, 4.69) is 12.2 Å². The second-order valence-corrected chi connectivity index (χ2v) is 4.76. The van der Waals surface area contributed by atoms with Crippen molar-refractivity contribution in [2.24, 2.45) is 5.92 Å². The second-order valence-electron chi connectivity index (χ2n) is 4.76. The topological polar surface area (TPSA) is 27.7 Å². The molecule has 2 heterocycles. The Balaban J connectivity index is 1.51. The summed E-state index contributed by atoms with van der Waals surface area (Å²) in [5.41, 5.74) is 1.34. The van der Waals surface area contributed by atoms with Crippen LogP contribution in [0.25, 0.3) is 0 Å². The predicted molar refractivity (Wildman–Crippen MR) is 60.0 cm³/mol. The van der Waals surface area contributed by atoms with Gasteiger partial charge in [-0.1, -0.05) is 12.2 Å². The molecule has 0 bridgehead atoms. The second kappa shape index (κ2) is 4.60. The lowest BCUT2D eigenvalue weighted by Gasteiger charge is -2.31. The van der Waals surface area contributed by atoms with Crippen molar-refractivity contribution >= 4 is 0 Å². The number of rotatable bonds is 3. The minimum Gasteiger partial charge on any atom is -0.495 e. The van der Waals surface area contributed by atoms with Crippen molar-refractivity contribution in [2.45, 2.75) is 25.4 Å². The third-order valence-corrected chi connectivity index (χ3v) is 3.38. The summed E-state index contributed by atoms with van der Waals surface area (Å²) >= 11 is 0. The van der Waals surface area contributed by atoms with Gasteiger partial charge < -0.3 is 14.2 Å². The Morgan fingerprint density at radius 1 is 1.31 bits per heavy atom. The first-order valence-electron chi connectivity index (χ1n) is 6.12. The summed E-state index contributed by atoms with van der Waals surface area (Å²) in [5.74, 6) is 1.80. The van der Waals surface area contributed by atoms with E-state index in [0.717, 1.165) is 45.7 Å². The summed E-state index contributed by atoms with van der Waals surface area (Å²) in [6.07, 6.45) is 7.85. The van der Waals surface area contributed by atoms with Gasteiger partial charge in [0.1, 0.15) is 6.61 Å². The van der Waals surface area contributed by atoms with Gasteiger partial charge in [0, 0.05) is 18.8 Å². The molecule has 3 nitrogen and oxygen atoms in total. The normalized spacial score (nSPS) is 29.6. The Morgan fingerprint density at radius 3 is 3.06 bits per heavy atom. The third kappa shape index (κ3) is 2.15. The van der Waals surface area contributed by atoms with Crippen LogP contribution >= 0.6 is 0 Å². The van der Waals surface area contributed by atoms with Crippen LogP contribution in [0, 0.1) is 5.92 Å². The lowest BCUT2D eigenvalue weighted by molar-refractivity contribution is -0.0990. The van der Waals surface area contributed by atoms with Gasteiger partial charge in [-0.05, 0) is 12.0 Å². The maximum Gasteiger partial charge on any atom is 0.114 e. The van der Waals surface area contributed by atoms with Crippen molar-refractivity contribution in [1.29, 1.82) is 0 Å². The van der Waals surface area contributed by atoms with Crippen molar-refractivity contribution in [2.75, 3.05) is 26.4 Å². The van der Waals surface area contributed by atoms with Crippen LogP contribution in [-0.4, -0.2) is 32.5 Å². The zero-order chi connectivity index (χ0) is 10.8. The predicted octanol–water partition coefficient (Wildman–Crippen LogP) is 2.04. The standard InChI is InChI=1S/C13H18O3/c1-2-4-13-11(3-1)5-12(9-16-13)15-8-10-6-14-7-10/h1,3,10,12H,2,4-9H2. The van der Waals surface area contributed by atoms with Crippen LogP contribution in [0.2, 0.25) is 0 Å². The summed E-state index contributed by atoms with van der Waals surface area (Å²) in [5, 5.41) is 0. The number of hydrogen-bond donors (Lipinski definition) is 0. The minimum absolute atomic E-state index is 0.238. The molecule has 0 radical (unpaired) electrons. The van der Waals surface area contributed by atoms with Crippen molar-refractivity contribution in [3.63, 3.8) is 0 Å². The minimum atomic E-state index is 0.238. The zero-order valence-corrected chi connectivity index (χ0v) is 9.48. The first-order valence-corrected chi connectivity index (χ1v) is 6.12. The molecule has 1 saturated heterocycles. The molecule has 16 heavy (non-hydrogen) atoms. The molecule has 88 valence electrons. The maximum absolute atomic E-state index is 5.86. The molecular formula is C13H18O3. The van der Waals surface area contributed by atoms with Gasteiger partial charge in [-0.25, -0.2) is 0 Å². The molecule has 1 fully saturated rings. The highest BCUT2D eigenvalue weighted by atomic mass is 16.5. The third-order valence-electron chi connectivity index (χ3n) is 3.38. The fourth-order valence-electron chi connectivity index (χ4n) is 2.30. The summed E-state index contributed by atoms with van der Waals surface area (Å²) in [6, 6.07) is 0. The van der Waals surface area contributed by atoms with Crippen molar-refractivity contribution < 1.29 is 14.2 Å². The van der Waals surface area contributed by atoms with E-state index in [0.29, 0.717) is 5.92 Å². The van der Waals surface area contributed by atoms with Gasteiger partial charge in [0.25, 0.3) is 0 Å². The fraction of sp³-hybridized carbons (Fsp3) is 0.692. The van der Waals surface area contributed by atoms with Gasteiger partial charge in [0.2, 0.25) is 0 Å². The molecule has 0 aromatic carbocycles. The quantitative estimate of drug-likeness (QED) is 0.731. The Labute approximate surface area is 96.1 Å². The van der Waals surface area contributed by atoms with Gasteiger partial charge in [-0.3, -0.25) is 0 Å². The molecule has 0 aromatic rings. The molecule has 0 amide bonds. The number of allylic oxidation sites excluding steroid dienone is 3. The SMILES string of the molecule is C1=CC2=C(CC1)OCC(OCC1COC1)C2. The van der Waals surface area contributed by atoms with E-state index in [1.165, 1.54) is 11.3 Å². The molecule has 0 N–H and O–H groups in total. The van der Waals surface area contributed by atoms with E-state index in [1.54, 1.807) is 0 Å². The van der Waals surface area contributed by atoms with Crippen LogP contribution in [0.15, 0.2) is 23.5 Å². The molecular weight excluding hydrogens is 204 g/mol. The number of hydrogen-bond acceptors (Lipinski definition) is 3. The highest BCUT2D eigenvalue weighted by Crippen LogP contribution is 2.29. The summed E-state index contributed by atoms with van der Waals surface area (Å²) in [7, 11) is 0. The van der Waals surface area contributed by atoms with Crippen LogP contribution < -0.4 is 0 Å². The summed E-state index contributed by atoms with van der Waals surface area (Å²) < 4.78 is 16.7. The van der Waals surface area contributed by atoms with Crippen LogP contribution in [-0.2, 0) is 14.2 Å². The lowest BCUT2D eigenvalue weighted by Crippen LogP contribution is -2.35. The zero-order valence-electron chi connectivity index (χ0n) is 9.48. The van der Waals surface area contributed by atoms with Crippen LogP contribution in [0.1, 0.15) is 19.3 Å². The Kier molecular flexibility index (Phi) is 2.98. The average Bonchev–Trinajstić information content (AvgIpc) is 2.27. The molecule has 1 unspecified atom stereocenters. The molecule has 0 aromatic heterocycles. The largest absolute Gasteiger partial charge is 0.495 e. The van der Waals surface area contributed by atoms with Crippen molar-refractivity contribution in [3.8, 4) is 0 Å². The van der Waals surface area contributed by atoms with E-state index in [1.807, 2.05) is 0 Å². The molecule has 3 aliphatic rings. The fourth-order valence-corrected chi connectivity index (χ4v) is 2.30. The van der Waals surface area contributed by atoms with Gasteiger partial charge >= 0.3 is 0 Å². The molecule has 3 rings (SSSR count). The monoisotopic (exact) mass is 222 g/mol. The van der Waals surface area contributed by atoms with E-state index in [4.69, 9.17) is 14.2 Å². The van der Waals surface area contributed by atoms with E-state index < -0.39 is 0 Å². The Bertz CT molecular complexity index is 315. The van der Waals surface area contributed by atoms with Gasteiger partial charge in [-0.2, -0.15) is 0 Å². The van der Waals surface area contributed by atoms with Gasteiger partial charge in [0.05, 0.1) is 31.7 Å². The van der Waals surface area contributed by atoms with Gasteiger partial charge in [0.15, 0.2) is 0 Å². The van der Waals surface area contributed by atoms with E-state index in [9.17, 15) is 0 Å². The van der Waals surface area contributed by atoms with E-state index in [-0.39, 0.29) is 6.10 Å². The molecule has 1 atom stereocenters. The molecule has 0 saturated carbocycles. The van der Waals surface area contributed by atoms with Crippen LogP contribution in [0.4, 0.5) is 0 Å². The smallest absolute Gasteiger partial charge is 0.114 e. The average molecular weight is 222 g/mol. The first kappa shape index (κ1) is 10.4. The molecule has 2 aliphatic heterocycles. The molecule has 1 aliphatic carbocycles. The number of ether oxygens (including phenoxy) is 3. The maximum atomic E-state index is 5.86. The highest BCUT2D eigenvalue weighted by molar-refractivity contribution is 5.28. The summed E-state index contributed by atoms with van der Waals surface area (Å²) in [4.78, 5) is 0. The first-order chi connectivity index (χ1) is 7.92. The molecule has 3 heteroatoms. The van der Waals surface area contributed by atoms with Crippen molar-refractivity contribution in [1.82, 2.24) is 0 Å². The Hall–Kier alpha value is -0.800. The van der Waals surface area contributed by atoms with Crippen LogP contribution in [0.3, 0.4) is 0 Å². The lowest BCUT2D eigenvalue weighted by atomic mass is 9.97. The van der Waals surface area contributed by atoms with E-state index >= 15 is 0 Å². The van der Waals surface area contributed by atoms with Crippen LogP contribution in [0.5, 0.6) is 0 Å². The summed E-state index contributed by atoms with van der Waals surface area (Å²) in [6.45, 7) is 3.27.